The second kappa shape index (κ2) is 4.34. The fraction of sp³-hybridized carbons (Fsp3) is 0. The molecule has 0 radical (unpaired) electrons. The summed E-state index contributed by atoms with van der Waals surface area (Å²) in [6, 6.07) is 23.3. The lowest BCUT2D eigenvalue weighted by Crippen LogP contribution is -1.77. The smallest absolute Gasteiger partial charge is 0.137 e. The minimum atomic E-state index is 0.927. The van der Waals surface area contributed by atoms with Gasteiger partial charge in [-0.25, -0.2) is 0 Å². The number of halogens is 1. The van der Waals surface area contributed by atoms with Crippen molar-refractivity contribution in [1.29, 1.82) is 0 Å². The van der Waals surface area contributed by atoms with Gasteiger partial charge < -0.3 is 4.42 Å². The van der Waals surface area contributed by atoms with Crippen LogP contribution >= 0.6 is 15.9 Å². The highest BCUT2D eigenvalue weighted by molar-refractivity contribution is 9.10. The molecule has 0 saturated carbocycles. The largest absolute Gasteiger partial charge is 0.456 e. The Morgan fingerprint density at radius 2 is 1.32 bits per heavy atom. The Bertz CT molecular complexity index is 1180. The maximum atomic E-state index is 6.12. The summed E-state index contributed by atoms with van der Waals surface area (Å²) in [4.78, 5) is 0. The zero-order valence-electron chi connectivity index (χ0n) is 11.6. The van der Waals surface area contributed by atoms with Gasteiger partial charge in [-0.15, -0.1) is 0 Å². The molecule has 0 aliphatic rings. The van der Waals surface area contributed by atoms with E-state index in [2.05, 4.69) is 82.7 Å². The van der Waals surface area contributed by atoms with Crippen molar-refractivity contribution in [1.82, 2.24) is 0 Å². The van der Waals surface area contributed by atoms with E-state index < -0.39 is 0 Å². The highest BCUT2D eigenvalue weighted by atomic mass is 79.9. The third-order valence-corrected chi connectivity index (χ3v) is 4.95. The lowest BCUT2D eigenvalue weighted by molar-refractivity contribution is 0.669. The van der Waals surface area contributed by atoms with Crippen LogP contribution < -0.4 is 0 Å². The third kappa shape index (κ3) is 1.59. The number of furan rings is 1. The number of fused-ring (bicyclic) bond motifs is 6. The van der Waals surface area contributed by atoms with Crippen LogP contribution in [0.3, 0.4) is 0 Å². The Morgan fingerprint density at radius 1 is 0.636 bits per heavy atom. The minimum absolute atomic E-state index is 0.927. The molecule has 0 aliphatic carbocycles. The Kier molecular flexibility index (Phi) is 2.42. The zero-order valence-corrected chi connectivity index (χ0v) is 13.2. The topological polar surface area (TPSA) is 13.1 Å². The highest BCUT2D eigenvalue weighted by Gasteiger charge is 2.13. The van der Waals surface area contributed by atoms with E-state index in [1.54, 1.807) is 0 Å². The molecule has 0 bridgehead atoms. The standard InChI is InChI=1S/C20H11BrO/c21-17-11-19-20(15-8-4-3-7-14(15)17)16-9-12-5-1-2-6-13(12)10-18(16)22-19/h1-11H. The van der Waals surface area contributed by atoms with Crippen LogP contribution in [-0.4, -0.2) is 0 Å². The summed E-state index contributed by atoms with van der Waals surface area (Å²) in [5.41, 5.74) is 1.87. The molecule has 0 aliphatic heterocycles. The molecule has 1 nitrogen and oxygen atoms in total. The fourth-order valence-corrected chi connectivity index (χ4v) is 3.84. The molecule has 104 valence electrons. The average Bonchev–Trinajstić information content (AvgIpc) is 2.90. The second-order valence-corrected chi connectivity index (χ2v) is 6.43. The van der Waals surface area contributed by atoms with Crippen molar-refractivity contribution in [3.05, 3.63) is 71.2 Å². The molecule has 0 fully saturated rings. The van der Waals surface area contributed by atoms with E-state index in [9.17, 15) is 0 Å². The van der Waals surface area contributed by atoms with Gasteiger partial charge in [0, 0.05) is 15.2 Å². The van der Waals surface area contributed by atoms with E-state index in [1.165, 1.54) is 32.3 Å². The summed E-state index contributed by atoms with van der Waals surface area (Å²) in [5, 5.41) is 7.26. The normalized spacial score (nSPS) is 11.9. The van der Waals surface area contributed by atoms with E-state index in [0.29, 0.717) is 0 Å². The molecule has 0 atom stereocenters. The monoisotopic (exact) mass is 346 g/mol. The van der Waals surface area contributed by atoms with Crippen LogP contribution in [0, 0.1) is 0 Å². The summed E-state index contributed by atoms with van der Waals surface area (Å²) in [7, 11) is 0. The number of benzene rings is 4. The van der Waals surface area contributed by atoms with Gasteiger partial charge >= 0.3 is 0 Å². The first-order valence-electron chi connectivity index (χ1n) is 7.23. The first kappa shape index (κ1) is 12.2. The van der Waals surface area contributed by atoms with Gasteiger partial charge in [0.05, 0.1) is 0 Å². The highest BCUT2D eigenvalue weighted by Crippen LogP contribution is 2.39. The lowest BCUT2D eigenvalue weighted by Gasteiger charge is -2.02. The molecule has 2 heteroatoms. The first-order chi connectivity index (χ1) is 10.8. The van der Waals surface area contributed by atoms with Gasteiger partial charge in [-0.3, -0.25) is 0 Å². The van der Waals surface area contributed by atoms with Gasteiger partial charge in [-0.05, 0) is 39.7 Å². The number of hydrogen-bond donors (Lipinski definition) is 0. The molecule has 22 heavy (non-hydrogen) atoms. The van der Waals surface area contributed by atoms with E-state index in [1.807, 2.05) is 0 Å². The van der Waals surface area contributed by atoms with E-state index >= 15 is 0 Å². The SMILES string of the molecule is Brc1cc2oc3cc4ccccc4cc3c2c2ccccc12. The van der Waals surface area contributed by atoms with Crippen LogP contribution in [0.15, 0.2) is 75.6 Å². The summed E-state index contributed by atoms with van der Waals surface area (Å²) in [6.07, 6.45) is 0. The molecule has 1 aromatic heterocycles. The maximum Gasteiger partial charge on any atom is 0.137 e. The van der Waals surface area contributed by atoms with Crippen molar-refractivity contribution in [2.75, 3.05) is 0 Å². The van der Waals surface area contributed by atoms with Gasteiger partial charge in [0.1, 0.15) is 11.2 Å². The molecule has 5 rings (SSSR count). The van der Waals surface area contributed by atoms with Crippen molar-refractivity contribution in [3.8, 4) is 0 Å². The van der Waals surface area contributed by atoms with E-state index in [-0.39, 0.29) is 0 Å². The maximum absolute atomic E-state index is 6.12. The second-order valence-electron chi connectivity index (χ2n) is 5.57. The van der Waals surface area contributed by atoms with Gasteiger partial charge in [0.25, 0.3) is 0 Å². The van der Waals surface area contributed by atoms with Crippen LogP contribution in [0.4, 0.5) is 0 Å². The Labute approximate surface area is 135 Å². The van der Waals surface area contributed by atoms with Crippen LogP contribution in [0.5, 0.6) is 0 Å². The average molecular weight is 347 g/mol. The molecule has 0 spiro atoms. The Morgan fingerprint density at radius 3 is 2.14 bits per heavy atom. The van der Waals surface area contributed by atoms with Crippen molar-refractivity contribution >= 4 is 59.4 Å². The van der Waals surface area contributed by atoms with Crippen LogP contribution in [0.25, 0.3) is 43.5 Å². The quantitative estimate of drug-likeness (QED) is 0.305. The van der Waals surface area contributed by atoms with Gasteiger partial charge in [0.2, 0.25) is 0 Å². The van der Waals surface area contributed by atoms with E-state index in [4.69, 9.17) is 4.42 Å². The molecular weight excluding hydrogens is 336 g/mol. The van der Waals surface area contributed by atoms with E-state index in [0.717, 1.165) is 15.6 Å². The van der Waals surface area contributed by atoms with Crippen molar-refractivity contribution in [3.63, 3.8) is 0 Å². The summed E-state index contributed by atoms with van der Waals surface area (Å²) < 4.78 is 7.19. The van der Waals surface area contributed by atoms with Crippen LogP contribution in [-0.2, 0) is 0 Å². The molecular formula is C20H11BrO. The molecule has 4 aromatic carbocycles. The summed E-state index contributed by atoms with van der Waals surface area (Å²) in [6.45, 7) is 0. The third-order valence-electron chi connectivity index (χ3n) is 4.30. The van der Waals surface area contributed by atoms with Gasteiger partial charge in [-0.2, -0.15) is 0 Å². The first-order valence-corrected chi connectivity index (χ1v) is 8.03. The van der Waals surface area contributed by atoms with Crippen molar-refractivity contribution in [2.45, 2.75) is 0 Å². The molecule has 0 unspecified atom stereocenters. The number of hydrogen-bond acceptors (Lipinski definition) is 1. The zero-order chi connectivity index (χ0) is 14.7. The van der Waals surface area contributed by atoms with Gasteiger partial charge in [0.15, 0.2) is 0 Å². The van der Waals surface area contributed by atoms with Crippen LogP contribution in [0.2, 0.25) is 0 Å². The number of rotatable bonds is 0. The molecule has 0 amide bonds. The predicted molar refractivity (Wildman–Crippen MR) is 96.4 cm³/mol. The summed E-state index contributed by atoms with van der Waals surface area (Å²) in [5.74, 6) is 0. The molecule has 5 aromatic rings. The summed E-state index contributed by atoms with van der Waals surface area (Å²) >= 11 is 3.66. The fourth-order valence-electron chi connectivity index (χ4n) is 3.28. The Hall–Kier alpha value is -2.32. The lowest BCUT2D eigenvalue weighted by atomic mass is 10.0. The van der Waals surface area contributed by atoms with Crippen LogP contribution in [0.1, 0.15) is 0 Å². The van der Waals surface area contributed by atoms with Gasteiger partial charge in [-0.1, -0.05) is 64.5 Å². The molecule has 1 heterocycles. The molecule has 0 saturated heterocycles. The Balaban J connectivity index is 2.09. The van der Waals surface area contributed by atoms with Crippen molar-refractivity contribution < 1.29 is 4.42 Å². The predicted octanol–water partition coefficient (Wildman–Crippen LogP) is 6.65. The van der Waals surface area contributed by atoms with Crippen molar-refractivity contribution in [2.24, 2.45) is 0 Å². The molecule has 0 N–H and O–H groups in total. The minimum Gasteiger partial charge on any atom is -0.456 e.